The molecule has 0 bridgehead atoms. The van der Waals surface area contributed by atoms with Crippen LogP contribution in [0.3, 0.4) is 0 Å². The Morgan fingerprint density at radius 2 is 2.13 bits per heavy atom. The molecule has 0 amide bonds. The molecule has 0 aliphatic rings. The fraction of sp³-hybridized carbons (Fsp3) is 0.200. The van der Waals surface area contributed by atoms with Gasteiger partial charge in [0, 0.05) is 10.3 Å². The van der Waals surface area contributed by atoms with E-state index in [1.54, 1.807) is 0 Å². The zero-order valence-electron chi connectivity index (χ0n) is 8.25. The second-order valence-corrected chi connectivity index (χ2v) is 3.57. The van der Waals surface area contributed by atoms with Crippen LogP contribution < -0.4 is 4.74 Å². The molecule has 0 N–H and O–H groups in total. The molecule has 0 aliphatic carbocycles. The summed E-state index contributed by atoms with van der Waals surface area (Å²) in [4.78, 5) is 10.5. The molecule has 0 aliphatic heterocycles. The van der Waals surface area contributed by atoms with Crippen LogP contribution in [-0.2, 0) is 0 Å². The molecule has 1 aromatic rings. The average molecular weight is 225 g/mol. The number of thioether (sulfide) groups is 1. The number of hydrogen-bond acceptors (Lipinski definition) is 4. The summed E-state index contributed by atoms with van der Waals surface area (Å²) in [6, 6.07) is 7.40. The highest BCUT2D eigenvalue weighted by atomic mass is 32.2. The molecular formula is C10H11NO3S. The molecule has 1 rings (SSSR count). The van der Waals surface area contributed by atoms with Crippen molar-refractivity contribution in [3.05, 3.63) is 46.0 Å². The number of nitrogens with zero attached hydrogens (tertiary/aromatic N) is 1. The fourth-order valence-electron chi connectivity index (χ4n) is 0.940. The van der Waals surface area contributed by atoms with Crippen LogP contribution >= 0.6 is 11.8 Å². The van der Waals surface area contributed by atoms with E-state index in [2.05, 4.69) is 0 Å². The number of rotatable bonds is 5. The van der Waals surface area contributed by atoms with E-state index in [0.717, 1.165) is 16.8 Å². The molecule has 15 heavy (non-hydrogen) atoms. The Morgan fingerprint density at radius 1 is 1.47 bits per heavy atom. The van der Waals surface area contributed by atoms with Crippen molar-refractivity contribution in [1.82, 2.24) is 0 Å². The Balaban J connectivity index is 2.53. The topological polar surface area (TPSA) is 52.4 Å². The minimum Gasteiger partial charge on any atom is -0.494 e. The van der Waals surface area contributed by atoms with Gasteiger partial charge in [-0.05, 0) is 31.2 Å². The highest BCUT2D eigenvalue weighted by Crippen LogP contribution is 2.22. The Bertz CT molecular complexity index is 348. The standard InChI is InChI=1S/C10H11NO3S/c1-2-14-9-3-5-10(6-4-9)15-8-7-11(12)13/h3-8H,2H2,1H3. The molecule has 0 heterocycles. The second-order valence-electron chi connectivity index (χ2n) is 2.59. The smallest absolute Gasteiger partial charge is 0.241 e. The maximum absolute atomic E-state index is 10.0. The normalized spacial score (nSPS) is 10.5. The number of nitro groups is 1. The molecule has 0 saturated heterocycles. The van der Waals surface area contributed by atoms with Crippen LogP contribution in [0, 0.1) is 10.1 Å². The van der Waals surface area contributed by atoms with E-state index >= 15 is 0 Å². The van der Waals surface area contributed by atoms with Crippen molar-refractivity contribution < 1.29 is 9.66 Å². The van der Waals surface area contributed by atoms with Gasteiger partial charge in [0.25, 0.3) is 0 Å². The van der Waals surface area contributed by atoms with E-state index in [1.807, 2.05) is 31.2 Å². The van der Waals surface area contributed by atoms with Crippen molar-refractivity contribution in [2.45, 2.75) is 11.8 Å². The first-order valence-electron chi connectivity index (χ1n) is 4.42. The first kappa shape index (κ1) is 11.6. The van der Waals surface area contributed by atoms with E-state index in [-0.39, 0.29) is 0 Å². The Labute approximate surface area is 92.1 Å². The van der Waals surface area contributed by atoms with Gasteiger partial charge < -0.3 is 4.74 Å². The van der Waals surface area contributed by atoms with Crippen molar-refractivity contribution >= 4 is 11.8 Å². The molecule has 0 aromatic heterocycles. The van der Waals surface area contributed by atoms with E-state index in [1.165, 1.54) is 17.2 Å². The maximum Gasteiger partial charge on any atom is 0.241 e. The van der Waals surface area contributed by atoms with Gasteiger partial charge in [0.15, 0.2) is 0 Å². The van der Waals surface area contributed by atoms with Crippen LogP contribution in [0.15, 0.2) is 40.8 Å². The molecule has 0 saturated carbocycles. The summed E-state index contributed by atoms with van der Waals surface area (Å²) < 4.78 is 5.27. The molecule has 80 valence electrons. The zero-order valence-corrected chi connectivity index (χ0v) is 9.07. The van der Waals surface area contributed by atoms with Gasteiger partial charge in [-0.3, -0.25) is 10.1 Å². The molecule has 0 atom stereocenters. The van der Waals surface area contributed by atoms with Gasteiger partial charge in [-0.2, -0.15) is 0 Å². The third-order valence-corrected chi connectivity index (χ3v) is 2.32. The summed E-state index contributed by atoms with van der Waals surface area (Å²) in [6.07, 6.45) is 0.918. The summed E-state index contributed by atoms with van der Waals surface area (Å²) in [5.74, 6) is 0.806. The van der Waals surface area contributed by atoms with Gasteiger partial charge in [-0.25, -0.2) is 0 Å². The Morgan fingerprint density at radius 3 is 2.67 bits per heavy atom. The van der Waals surface area contributed by atoms with Crippen LogP contribution in [0.2, 0.25) is 0 Å². The highest BCUT2D eigenvalue weighted by Gasteiger charge is 1.94. The number of ether oxygens (including phenoxy) is 1. The quantitative estimate of drug-likeness (QED) is 0.439. The summed E-state index contributed by atoms with van der Waals surface area (Å²) in [7, 11) is 0. The predicted octanol–water partition coefficient (Wildman–Crippen LogP) is 2.93. The maximum atomic E-state index is 10.0. The third-order valence-electron chi connectivity index (χ3n) is 1.52. The lowest BCUT2D eigenvalue weighted by atomic mass is 10.3. The van der Waals surface area contributed by atoms with E-state index in [4.69, 9.17) is 4.74 Å². The van der Waals surface area contributed by atoms with Gasteiger partial charge in [0.2, 0.25) is 6.20 Å². The second kappa shape index (κ2) is 6.08. The van der Waals surface area contributed by atoms with Crippen molar-refractivity contribution in [3.63, 3.8) is 0 Å². The molecule has 4 nitrogen and oxygen atoms in total. The Kier molecular flexibility index (Phi) is 4.70. The van der Waals surface area contributed by atoms with Crippen LogP contribution in [0.5, 0.6) is 5.75 Å². The zero-order chi connectivity index (χ0) is 11.1. The molecule has 0 radical (unpaired) electrons. The van der Waals surface area contributed by atoms with Crippen molar-refractivity contribution in [2.24, 2.45) is 0 Å². The largest absolute Gasteiger partial charge is 0.494 e. The minimum absolute atomic E-state index is 0.485. The van der Waals surface area contributed by atoms with E-state index in [0.29, 0.717) is 6.61 Å². The summed E-state index contributed by atoms with van der Waals surface area (Å²) in [6.45, 7) is 2.55. The predicted molar refractivity (Wildman–Crippen MR) is 59.6 cm³/mol. The first-order chi connectivity index (χ1) is 7.22. The van der Waals surface area contributed by atoms with E-state index < -0.39 is 4.92 Å². The molecular weight excluding hydrogens is 214 g/mol. The number of benzene rings is 1. The van der Waals surface area contributed by atoms with Gasteiger partial charge in [0.1, 0.15) is 5.75 Å². The van der Waals surface area contributed by atoms with Crippen LogP contribution in [0.25, 0.3) is 0 Å². The monoisotopic (exact) mass is 225 g/mol. The first-order valence-corrected chi connectivity index (χ1v) is 5.30. The summed E-state index contributed by atoms with van der Waals surface area (Å²) in [5, 5.41) is 11.5. The Hall–Kier alpha value is -1.49. The number of hydrogen-bond donors (Lipinski definition) is 0. The fourth-order valence-corrected chi connectivity index (χ4v) is 1.55. The van der Waals surface area contributed by atoms with Gasteiger partial charge in [-0.15, -0.1) is 0 Å². The molecule has 1 aromatic carbocycles. The SMILES string of the molecule is CCOc1ccc(SC=C[N+](=O)[O-])cc1. The van der Waals surface area contributed by atoms with E-state index in [9.17, 15) is 10.1 Å². The van der Waals surface area contributed by atoms with Crippen LogP contribution in [0.4, 0.5) is 0 Å². The van der Waals surface area contributed by atoms with Crippen molar-refractivity contribution in [2.75, 3.05) is 6.61 Å². The molecule has 5 heteroatoms. The third kappa shape index (κ3) is 4.51. The van der Waals surface area contributed by atoms with Crippen molar-refractivity contribution in [1.29, 1.82) is 0 Å². The van der Waals surface area contributed by atoms with Crippen LogP contribution in [0.1, 0.15) is 6.92 Å². The highest BCUT2D eigenvalue weighted by molar-refractivity contribution is 8.02. The molecule has 0 unspecified atom stereocenters. The minimum atomic E-state index is -0.485. The summed E-state index contributed by atoms with van der Waals surface area (Å²) in [5.41, 5.74) is 0. The molecule has 0 spiro atoms. The lowest BCUT2D eigenvalue weighted by Gasteiger charge is -2.02. The van der Waals surface area contributed by atoms with Gasteiger partial charge in [-0.1, -0.05) is 11.8 Å². The summed E-state index contributed by atoms with van der Waals surface area (Å²) >= 11 is 1.30. The lowest BCUT2D eigenvalue weighted by molar-refractivity contribution is -0.402. The van der Waals surface area contributed by atoms with Crippen LogP contribution in [-0.4, -0.2) is 11.5 Å². The van der Waals surface area contributed by atoms with Gasteiger partial charge >= 0.3 is 0 Å². The van der Waals surface area contributed by atoms with Gasteiger partial charge in [0.05, 0.1) is 11.5 Å². The average Bonchev–Trinajstić information content (AvgIpc) is 2.20. The lowest BCUT2D eigenvalue weighted by Crippen LogP contribution is -1.90. The van der Waals surface area contributed by atoms with Crippen molar-refractivity contribution in [3.8, 4) is 5.75 Å². The molecule has 0 fully saturated rings.